The van der Waals surface area contributed by atoms with Gasteiger partial charge in [0.2, 0.25) is 0 Å². The van der Waals surface area contributed by atoms with E-state index in [1.165, 1.54) is 0 Å². The van der Waals surface area contributed by atoms with Gasteiger partial charge in [-0.3, -0.25) is 0 Å². The minimum absolute atomic E-state index is 0.166. The smallest absolute Gasteiger partial charge is 0.127 e. The second kappa shape index (κ2) is 6.24. The molecule has 5 heteroatoms. The van der Waals surface area contributed by atoms with Crippen molar-refractivity contribution >= 4 is 22.6 Å². The number of imidazole rings is 1. The number of aromatic nitrogens is 2. The number of hydrogen-bond acceptors (Lipinski definition) is 3. The predicted molar refractivity (Wildman–Crippen MR) is 86.3 cm³/mol. The van der Waals surface area contributed by atoms with E-state index < -0.39 is 0 Å². The fourth-order valence-corrected chi connectivity index (χ4v) is 2.71. The lowest BCUT2D eigenvalue weighted by molar-refractivity contribution is -0.0221. The highest BCUT2D eigenvalue weighted by Gasteiger charge is 2.23. The number of alkyl halides is 1. The lowest BCUT2D eigenvalue weighted by Gasteiger charge is -2.26. The molecule has 2 aromatic rings. The first kappa shape index (κ1) is 16.1. The Kier molecular flexibility index (Phi) is 4.79. The van der Waals surface area contributed by atoms with E-state index in [2.05, 4.69) is 23.4 Å². The maximum atomic E-state index is 6.30. The van der Waals surface area contributed by atoms with Crippen LogP contribution in [0.2, 0.25) is 0 Å². The molecule has 0 fully saturated rings. The van der Waals surface area contributed by atoms with Crippen LogP contribution in [-0.4, -0.2) is 28.9 Å². The number of methoxy groups -OCH3 is 1. The van der Waals surface area contributed by atoms with Crippen molar-refractivity contribution in [2.75, 3.05) is 13.7 Å². The van der Waals surface area contributed by atoms with Crippen molar-refractivity contribution < 1.29 is 9.47 Å². The largest absolute Gasteiger partial charge is 0.497 e. The van der Waals surface area contributed by atoms with Crippen LogP contribution in [0.3, 0.4) is 0 Å². The average Bonchev–Trinajstić information content (AvgIpc) is 2.76. The normalized spacial score (nSPS) is 13.6. The highest BCUT2D eigenvalue weighted by molar-refractivity contribution is 6.20. The van der Waals surface area contributed by atoms with Gasteiger partial charge in [-0.25, -0.2) is 4.98 Å². The molecule has 1 unspecified atom stereocenters. The van der Waals surface area contributed by atoms with E-state index in [-0.39, 0.29) is 11.0 Å². The molecule has 1 aromatic heterocycles. The van der Waals surface area contributed by atoms with Crippen LogP contribution in [0.5, 0.6) is 5.75 Å². The Bertz CT molecular complexity index is 620. The molecule has 0 bridgehead atoms. The third kappa shape index (κ3) is 3.50. The summed E-state index contributed by atoms with van der Waals surface area (Å²) in [7, 11) is 1.65. The molecule has 0 N–H and O–H groups in total. The molecule has 1 aromatic carbocycles. The lowest BCUT2D eigenvalue weighted by Crippen LogP contribution is -2.31. The highest BCUT2D eigenvalue weighted by atomic mass is 35.5. The van der Waals surface area contributed by atoms with Gasteiger partial charge in [0, 0.05) is 12.7 Å². The maximum Gasteiger partial charge on any atom is 0.127 e. The van der Waals surface area contributed by atoms with Crippen molar-refractivity contribution in [2.45, 2.75) is 45.2 Å². The van der Waals surface area contributed by atoms with Crippen LogP contribution in [0.4, 0.5) is 0 Å². The Morgan fingerprint density at radius 2 is 2.10 bits per heavy atom. The number of halogens is 1. The Balaban J connectivity index is 2.51. The standard InChI is InChI=1S/C16H23ClN2O2/c1-6-21-16(3,4)10-19-14-8-7-12(20-5)9-13(14)18-15(19)11(2)17/h7-9,11H,6,10H2,1-5H3. The first-order valence-electron chi connectivity index (χ1n) is 7.20. The van der Waals surface area contributed by atoms with Crippen LogP contribution in [0.1, 0.15) is 38.9 Å². The number of rotatable bonds is 6. The molecule has 0 amide bonds. The van der Waals surface area contributed by atoms with Crippen LogP contribution < -0.4 is 4.74 Å². The minimum atomic E-state index is -0.275. The summed E-state index contributed by atoms with van der Waals surface area (Å²) in [5.74, 6) is 1.65. The molecular weight excluding hydrogens is 288 g/mol. The summed E-state index contributed by atoms with van der Waals surface area (Å²) in [6.45, 7) is 9.48. The zero-order chi connectivity index (χ0) is 15.6. The Hall–Kier alpha value is -1.26. The molecule has 2 rings (SSSR count). The monoisotopic (exact) mass is 310 g/mol. The molecule has 0 aliphatic rings. The van der Waals surface area contributed by atoms with E-state index in [1.807, 2.05) is 32.0 Å². The van der Waals surface area contributed by atoms with Gasteiger partial charge in [0.25, 0.3) is 0 Å². The first-order chi connectivity index (χ1) is 9.88. The van der Waals surface area contributed by atoms with Crippen molar-refractivity contribution in [1.82, 2.24) is 9.55 Å². The molecule has 0 saturated carbocycles. The van der Waals surface area contributed by atoms with Crippen molar-refractivity contribution in [3.8, 4) is 5.75 Å². The number of nitrogens with zero attached hydrogens (tertiary/aromatic N) is 2. The predicted octanol–water partition coefficient (Wildman–Crippen LogP) is 4.16. The zero-order valence-corrected chi connectivity index (χ0v) is 14.1. The topological polar surface area (TPSA) is 36.3 Å². The third-order valence-corrected chi connectivity index (χ3v) is 3.61. The molecule has 0 aliphatic heterocycles. The van der Waals surface area contributed by atoms with Gasteiger partial charge in [-0.1, -0.05) is 0 Å². The van der Waals surface area contributed by atoms with E-state index in [1.54, 1.807) is 7.11 Å². The quantitative estimate of drug-likeness (QED) is 0.752. The molecule has 0 aliphatic carbocycles. The zero-order valence-electron chi connectivity index (χ0n) is 13.3. The highest BCUT2D eigenvalue weighted by Crippen LogP contribution is 2.29. The van der Waals surface area contributed by atoms with Gasteiger partial charge in [-0.2, -0.15) is 0 Å². The number of hydrogen-bond donors (Lipinski definition) is 0. The van der Waals surface area contributed by atoms with Crippen LogP contribution in [0.25, 0.3) is 11.0 Å². The first-order valence-corrected chi connectivity index (χ1v) is 7.64. The van der Waals surface area contributed by atoms with Gasteiger partial charge in [0.05, 0.1) is 35.7 Å². The minimum Gasteiger partial charge on any atom is -0.497 e. The van der Waals surface area contributed by atoms with Gasteiger partial charge < -0.3 is 14.0 Å². The van der Waals surface area contributed by atoms with Crippen LogP contribution in [0, 0.1) is 0 Å². The number of ether oxygens (including phenoxy) is 2. The average molecular weight is 311 g/mol. The molecule has 0 saturated heterocycles. The van der Waals surface area contributed by atoms with Gasteiger partial charge in [0.1, 0.15) is 11.6 Å². The molecule has 116 valence electrons. The lowest BCUT2D eigenvalue weighted by atomic mass is 10.1. The summed E-state index contributed by atoms with van der Waals surface area (Å²) in [5, 5.41) is -0.166. The second-order valence-electron chi connectivity index (χ2n) is 5.72. The van der Waals surface area contributed by atoms with Gasteiger partial charge >= 0.3 is 0 Å². The van der Waals surface area contributed by atoms with Gasteiger partial charge in [0.15, 0.2) is 0 Å². The molecule has 0 spiro atoms. The molecule has 1 atom stereocenters. The Labute approximate surface area is 131 Å². The summed E-state index contributed by atoms with van der Waals surface area (Å²) < 4.78 is 13.2. The summed E-state index contributed by atoms with van der Waals surface area (Å²) in [6, 6.07) is 5.89. The van der Waals surface area contributed by atoms with Crippen LogP contribution >= 0.6 is 11.6 Å². The summed E-state index contributed by atoms with van der Waals surface area (Å²) in [5.41, 5.74) is 1.67. The SMILES string of the molecule is CCOC(C)(C)Cn1c(C(C)Cl)nc2cc(OC)ccc21. The van der Waals surface area contributed by atoms with Crippen molar-refractivity contribution in [1.29, 1.82) is 0 Å². The third-order valence-electron chi connectivity index (χ3n) is 3.41. The molecule has 4 nitrogen and oxygen atoms in total. The summed E-state index contributed by atoms with van der Waals surface area (Å²) >= 11 is 6.30. The summed E-state index contributed by atoms with van der Waals surface area (Å²) in [4.78, 5) is 4.66. The van der Waals surface area contributed by atoms with Gasteiger partial charge in [-0.15, -0.1) is 11.6 Å². The Morgan fingerprint density at radius 1 is 1.38 bits per heavy atom. The van der Waals surface area contributed by atoms with E-state index in [4.69, 9.17) is 21.1 Å². The van der Waals surface area contributed by atoms with Crippen molar-refractivity contribution in [3.63, 3.8) is 0 Å². The molecule has 0 radical (unpaired) electrons. The molecule has 1 heterocycles. The van der Waals surface area contributed by atoms with Crippen molar-refractivity contribution in [2.24, 2.45) is 0 Å². The van der Waals surface area contributed by atoms with E-state index in [9.17, 15) is 0 Å². The molecular formula is C16H23ClN2O2. The van der Waals surface area contributed by atoms with E-state index in [0.717, 1.165) is 22.6 Å². The van der Waals surface area contributed by atoms with E-state index in [0.29, 0.717) is 13.2 Å². The Morgan fingerprint density at radius 3 is 2.67 bits per heavy atom. The van der Waals surface area contributed by atoms with E-state index >= 15 is 0 Å². The second-order valence-corrected chi connectivity index (χ2v) is 6.37. The number of benzene rings is 1. The number of fused-ring (bicyclic) bond motifs is 1. The fraction of sp³-hybridized carbons (Fsp3) is 0.562. The molecule has 21 heavy (non-hydrogen) atoms. The maximum absolute atomic E-state index is 6.30. The summed E-state index contributed by atoms with van der Waals surface area (Å²) in [6.07, 6.45) is 0. The van der Waals surface area contributed by atoms with Crippen LogP contribution in [-0.2, 0) is 11.3 Å². The van der Waals surface area contributed by atoms with Crippen molar-refractivity contribution in [3.05, 3.63) is 24.0 Å². The fourth-order valence-electron chi connectivity index (χ4n) is 2.54. The van der Waals surface area contributed by atoms with Gasteiger partial charge in [-0.05, 0) is 39.8 Å². The van der Waals surface area contributed by atoms with Crippen LogP contribution in [0.15, 0.2) is 18.2 Å².